The average Bonchev–Trinajstić information content (AvgIpc) is 2.96. The van der Waals surface area contributed by atoms with Crippen LogP contribution in [0.4, 0.5) is 0 Å². The Bertz CT molecular complexity index is 1490. The third-order valence-electron chi connectivity index (χ3n) is 7.47. The van der Waals surface area contributed by atoms with E-state index < -0.39 is 0 Å². The molecular weight excluding hydrogens is 579 g/mol. The maximum Gasteiger partial charge on any atom is 0.237 e. The lowest BCUT2D eigenvalue weighted by molar-refractivity contribution is -0.00422. The molecule has 2 aromatic heterocycles. The molecule has 2 saturated heterocycles. The van der Waals surface area contributed by atoms with E-state index in [1.165, 1.54) is 0 Å². The summed E-state index contributed by atoms with van der Waals surface area (Å²) >= 11 is 14.0. The highest BCUT2D eigenvalue weighted by Crippen LogP contribution is 2.42. The molecule has 2 aromatic carbocycles. The topological polar surface area (TPSA) is 117 Å². The molecule has 6 rings (SSSR count). The molecule has 0 spiro atoms. The Kier molecular flexibility index (Phi) is 8.26. The number of rotatable bonds is 9. The zero-order valence-corrected chi connectivity index (χ0v) is 24.7. The first-order valence-corrected chi connectivity index (χ1v) is 14.3. The Morgan fingerprint density at radius 3 is 1.43 bits per heavy atom. The maximum absolute atomic E-state index is 9.59. The van der Waals surface area contributed by atoms with Crippen molar-refractivity contribution in [1.29, 1.82) is 0 Å². The Morgan fingerprint density at radius 2 is 1.07 bits per heavy atom. The molecule has 12 heteroatoms. The maximum atomic E-state index is 9.59. The van der Waals surface area contributed by atoms with Crippen LogP contribution in [-0.4, -0.2) is 92.6 Å². The molecule has 0 amide bonds. The van der Waals surface area contributed by atoms with Crippen LogP contribution >= 0.6 is 23.2 Å². The normalized spacial score (nSPS) is 16.2. The van der Waals surface area contributed by atoms with Crippen molar-refractivity contribution in [2.75, 3.05) is 40.4 Å². The lowest BCUT2D eigenvalue weighted by Crippen LogP contribution is -2.50. The molecule has 4 heterocycles. The third kappa shape index (κ3) is 5.66. The molecule has 4 aromatic rings. The van der Waals surface area contributed by atoms with Crippen molar-refractivity contribution in [3.8, 4) is 45.4 Å². The van der Waals surface area contributed by atoms with Crippen LogP contribution in [-0.2, 0) is 13.1 Å². The van der Waals surface area contributed by atoms with Gasteiger partial charge in [0, 0.05) is 61.5 Å². The summed E-state index contributed by atoms with van der Waals surface area (Å²) in [6, 6.07) is 11.4. The van der Waals surface area contributed by atoms with Gasteiger partial charge in [-0.15, -0.1) is 0 Å². The lowest BCUT2D eigenvalue weighted by atomic mass is 9.98. The van der Waals surface area contributed by atoms with E-state index in [4.69, 9.17) is 42.6 Å². The summed E-state index contributed by atoms with van der Waals surface area (Å²) in [4.78, 5) is 22.7. The van der Waals surface area contributed by atoms with Gasteiger partial charge >= 0.3 is 0 Å². The standard InChI is InChI=1S/C30H30Cl2N6O4/c1-41-29-25(15-37-11-17(39)12-37)33-9-23(35-29)21-7-3-5-19(27(21)31)20-6-4-8-22(28(20)32)24-10-34-26(30(36-24)42-2)16-38-13-18(40)14-38/h3-10,17-18,39-40H,11-16H2,1-2H3. The Hall–Kier alpha value is -3.38. The van der Waals surface area contributed by atoms with E-state index in [0.717, 1.165) is 11.1 Å². The molecule has 10 nitrogen and oxygen atoms in total. The first-order valence-electron chi connectivity index (χ1n) is 13.5. The second-order valence-electron chi connectivity index (χ2n) is 10.5. The van der Waals surface area contributed by atoms with E-state index in [-0.39, 0.29) is 12.2 Å². The smallest absolute Gasteiger partial charge is 0.237 e. The number of nitrogens with zero attached hydrogens (tertiary/aromatic N) is 6. The van der Waals surface area contributed by atoms with Crippen LogP contribution in [0.3, 0.4) is 0 Å². The van der Waals surface area contributed by atoms with Gasteiger partial charge < -0.3 is 19.7 Å². The highest BCUT2D eigenvalue weighted by molar-refractivity contribution is 6.39. The fourth-order valence-corrected chi connectivity index (χ4v) is 5.89. The first-order chi connectivity index (χ1) is 20.3. The summed E-state index contributed by atoms with van der Waals surface area (Å²) in [7, 11) is 3.12. The predicted octanol–water partition coefficient (Wildman–Crippen LogP) is 3.94. The number of aliphatic hydroxyl groups is 2. The molecule has 218 valence electrons. The van der Waals surface area contributed by atoms with Gasteiger partial charge in [0.2, 0.25) is 11.8 Å². The van der Waals surface area contributed by atoms with Gasteiger partial charge in [-0.3, -0.25) is 19.8 Å². The van der Waals surface area contributed by atoms with Crippen molar-refractivity contribution in [2.24, 2.45) is 0 Å². The van der Waals surface area contributed by atoms with E-state index in [1.807, 2.05) is 36.4 Å². The highest BCUT2D eigenvalue weighted by atomic mass is 35.5. The number of β-amino-alcohol motifs (C(OH)–C–C–N with tert-alkyl or cyclic N) is 2. The molecule has 2 N–H and O–H groups in total. The number of hydrogen-bond donors (Lipinski definition) is 2. The van der Waals surface area contributed by atoms with Gasteiger partial charge in [-0.2, -0.15) is 0 Å². The average molecular weight is 610 g/mol. The predicted molar refractivity (Wildman–Crippen MR) is 160 cm³/mol. The monoisotopic (exact) mass is 608 g/mol. The quantitative estimate of drug-likeness (QED) is 0.289. The molecule has 2 aliphatic heterocycles. The molecule has 0 aliphatic carbocycles. The van der Waals surface area contributed by atoms with Crippen molar-refractivity contribution in [1.82, 2.24) is 29.7 Å². The number of aromatic nitrogens is 4. The molecule has 0 unspecified atom stereocenters. The molecule has 0 bridgehead atoms. The van der Waals surface area contributed by atoms with E-state index in [1.54, 1.807) is 26.6 Å². The Labute approximate surface area is 253 Å². The van der Waals surface area contributed by atoms with Crippen molar-refractivity contribution < 1.29 is 19.7 Å². The number of aliphatic hydroxyl groups excluding tert-OH is 2. The zero-order chi connectivity index (χ0) is 29.4. The minimum atomic E-state index is -0.297. The van der Waals surface area contributed by atoms with Crippen LogP contribution in [0, 0.1) is 0 Å². The van der Waals surface area contributed by atoms with Gasteiger partial charge in [0.25, 0.3) is 0 Å². The summed E-state index contributed by atoms with van der Waals surface area (Å²) in [5.74, 6) is 0.827. The number of hydrogen-bond acceptors (Lipinski definition) is 10. The largest absolute Gasteiger partial charge is 0.480 e. The summed E-state index contributed by atoms with van der Waals surface area (Å²) < 4.78 is 11.1. The van der Waals surface area contributed by atoms with Crippen LogP contribution in [0.5, 0.6) is 11.8 Å². The van der Waals surface area contributed by atoms with Crippen LogP contribution in [0.25, 0.3) is 33.6 Å². The van der Waals surface area contributed by atoms with Gasteiger partial charge in [0.05, 0.1) is 60.3 Å². The number of ether oxygens (including phenoxy) is 2. The Morgan fingerprint density at radius 1 is 0.690 bits per heavy atom. The zero-order valence-electron chi connectivity index (χ0n) is 23.2. The summed E-state index contributed by atoms with van der Waals surface area (Å²) in [6.07, 6.45) is 2.77. The third-order valence-corrected chi connectivity index (χ3v) is 8.29. The number of halogens is 2. The Balaban J connectivity index is 1.30. The van der Waals surface area contributed by atoms with Crippen molar-refractivity contribution >= 4 is 23.2 Å². The molecule has 2 aliphatic rings. The number of methoxy groups -OCH3 is 2. The van der Waals surface area contributed by atoms with Gasteiger partial charge in [-0.05, 0) is 0 Å². The van der Waals surface area contributed by atoms with Gasteiger partial charge in [0.1, 0.15) is 11.4 Å². The fourth-order valence-electron chi connectivity index (χ4n) is 5.24. The van der Waals surface area contributed by atoms with E-state index >= 15 is 0 Å². The van der Waals surface area contributed by atoms with Crippen molar-refractivity contribution in [3.05, 3.63) is 70.2 Å². The SMILES string of the molecule is COc1nc(-c2cccc(-c3cccc(-c4cnc(CN5CC(O)C5)c(OC)n4)c3Cl)c2Cl)cnc1CN1CC(O)C1. The van der Waals surface area contributed by atoms with Crippen molar-refractivity contribution in [3.63, 3.8) is 0 Å². The van der Waals surface area contributed by atoms with Gasteiger partial charge in [-0.1, -0.05) is 59.6 Å². The van der Waals surface area contributed by atoms with E-state index in [2.05, 4.69) is 19.8 Å². The molecular formula is C30H30Cl2N6O4. The van der Waals surface area contributed by atoms with Gasteiger partial charge in [0.15, 0.2) is 0 Å². The van der Waals surface area contributed by atoms with Crippen LogP contribution in [0.2, 0.25) is 10.0 Å². The second-order valence-corrected chi connectivity index (χ2v) is 11.2. The molecule has 2 fully saturated rings. The number of benzene rings is 2. The second kappa shape index (κ2) is 12.1. The van der Waals surface area contributed by atoms with Gasteiger partial charge in [-0.25, -0.2) is 9.97 Å². The molecule has 0 radical (unpaired) electrons. The first kappa shape index (κ1) is 28.7. The highest BCUT2D eigenvalue weighted by Gasteiger charge is 2.27. The van der Waals surface area contributed by atoms with E-state index in [9.17, 15) is 10.2 Å². The lowest BCUT2D eigenvalue weighted by Gasteiger charge is -2.35. The van der Waals surface area contributed by atoms with Crippen molar-refractivity contribution in [2.45, 2.75) is 25.3 Å². The molecule has 0 atom stereocenters. The fraction of sp³-hybridized carbons (Fsp3) is 0.333. The summed E-state index contributed by atoms with van der Waals surface area (Å²) in [6.45, 7) is 3.50. The van der Waals surface area contributed by atoms with Crippen LogP contribution < -0.4 is 9.47 Å². The van der Waals surface area contributed by atoms with Crippen LogP contribution in [0.1, 0.15) is 11.4 Å². The van der Waals surface area contributed by atoms with Crippen LogP contribution in [0.15, 0.2) is 48.8 Å². The minimum Gasteiger partial charge on any atom is -0.480 e. The molecule has 42 heavy (non-hydrogen) atoms. The number of likely N-dealkylation sites (tertiary alicyclic amines) is 2. The van der Waals surface area contributed by atoms with E-state index in [0.29, 0.717) is 95.0 Å². The molecule has 0 saturated carbocycles. The minimum absolute atomic E-state index is 0.297. The summed E-state index contributed by atoms with van der Waals surface area (Å²) in [5.41, 5.74) is 5.37. The summed E-state index contributed by atoms with van der Waals surface area (Å²) in [5, 5.41) is 20.1.